The molecule has 2 rings (SSSR count). The van der Waals surface area contributed by atoms with Crippen LogP contribution in [0.3, 0.4) is 0 Å². The number of hydrogen-bond acceptors (Lipinski definition) is 3. The van der Waals surface area contributed by atoms with Crippen molar-refractivity contribution in [1.82, 2.24) is 4.90 Å². The summed E-state index contributed by atoms with van der Waals surface area (Å²) in [5.41, 5.74) is 5.91. The Morgan fingerprint density at radius 3 is 2.53 bits per heavy atom. The number of hydrogen-bond donors (Lipinski definition) is 2. The molecule has 1 saturated carbocycles. The van der Waals surface area contributed by atoms with Crippen molar-refractivity contribution in [3.8, 4) is 0 Å². The summed E-state index contributed by atoms with van der Waals surface area (Å²) in [5.74, 6) is 0.468. The zero-order valence-corrected chi connectivity index (χ0v) is 9.11. The van der Waals surface area contributed by atoms with Crippen LogP contribution in [0.1, 0.15) is 32.1 Å². The van der Waals surface area contributed by atoms with Gasteiger partial charge in [0.25, 0.3) is 0 Å². The van der Waals surface area contributed by atoms with Crippen LogP contribution in [0.15, 0.2) is 0 Å². The van der Waals surface area contributed by atoms with Crippen molar-refractivity contribution < 1.29 is 9.90 Å². The molecule has 86 valence electrons. The molecule has 0 unspecified atom stereocenters. The van der Waals surface area contributed by atoms with Crippen molar-refractivity contribution in [2.75, 3.05) is 19.7 Å². The number of amides is 1. The first-order valence-corrected chi connectivity index (χ1v) is 5.80. The average molecular weight is 212 g/mol. The lowest BCUT2D eigenvalue weighted by Gasteiger charge is -2.40. The predicted octanol–water partition coefficient (Wildman–Crippen LogP) is 0.0987. The molecule has 0 aromatic rings. The fourth-order valence-electron chi connectivity index (χ4n) is 2.56. The van der Waals surface area contributed by atoms with Gasteiger partial charge in [0.15, 0.2) is 0 Å². The molecule has 0 aromatic heterocycles. The molecular weight excluding hydrogens is 192 g/mol. The number of nitrogens with zero attached hydrogens (tertiary/aromatic N) is 1. The van der Waals surface area contributed by atoms with Gasteiger partial charge in [0.1, 0.15) is 0 Å². The Morgan fingerprint density at radius 2 is 2.00 bits per heavy atom. The second-order valence-electron chi connectivity index (χ2n) is 5.09. The maximum absolute atomic E-state index is 11.8. The highest BCUT2D eigenvalue weighted by molar-refractivity contribution is 5.78. The second-order valence-corrected chi connectivity index (χ2v) is 5.09. The van der Waals surface area contributed by atoms with Gasteiger partial charge < -0.3 is 15.7 Å². The largest absolute Gasteiger partial charge is 0.396 e. The Labute approximate surface area is 90.4 Å². The van der Waals surface area contributed by atoms with Crippen LogP contribution < -0.4 is 5.73 Å². The average Bonchev–Trinajstić information content (AvgIpc) is 2.49. The number of likely N-dealkylation sites (tertiary alicyclic amines) is 1. The molecule has 15 heavy (non-hydrogen) atoms. The van der Waals surface area contributed by atoms with E-state index in [0.717, 1.165) is 25.7 Å². The van der Waals surface area contributed by atoms with Crippen LogP contribution in [-0.2, 0) is 4.79 Å². The number of nitrogens with two attached hydrogens (primary N) is 1. The molecule has 4 heteroatoms. The third-order valence-electron chi connectivity index (χ3n) is 3.67. The Bertz CT molecular complexity index is 243. The number of carbonyl (C=O) groups is 1. The molecule has 4 nitrogen and oxygen atoms in total. The van der Waals surface area contributed by atoms with Gasteiger partial charge in [-0.1, -0.05) is 12.8 Å². The second kappa shape index (κ2) is 4.10. The first-order chi connectivity index (χ1) is 7.13. The number of aliphatic hydroxyl groups excluding tert-OH is 1. The summed E-state index contributed by atoms with van der Waals surface area (Å²) in [6, 6.07) is 0. The van der Waals surface area contributed by atoms with E-state index in [0.29, 0.717) is 25.4 Å². The summed E-state index contributed by atoms with van der Waals surface area (Å²) < 4.78 is 0. The molecule has 1 aliphatic carbocycles. The highest BCUT2D eigenvalue weighted by Crippen LogP contribution is 2.31. The minimum Gasteiger partial charge on any atom is -0.396 e. The van der Waals surface area contributed by atoms with Crippen LogP contribution in [0.5, 0.6) is 0 Å². The highest BCUT2D eigenvalue weighted by Gasteiger charge is 2.36. The Kier molecular flexibility index (Phi) is 2.98. The van der Waals surface area contributed by atoms with Gasteiger partial charge in [-0.3, -0.25) is 4.79 Å². The van der Waals surface area contributed by atoms with Gasteiger partial charge in [-0.2, -0.15) is 0 Å². The smallest absolute Gasteiger partial charge is 0.224 e. The maximum Gasteiger partial charge on any atom is 0.224 e. The van der Waals surface area contributed by atoms with Crippen LogP contribution in [0, 0.1) is 5.92 Å². The quantitative estimate of drug-likeness (QED) is 0.697. The molecule has 1 saturated heterocycles. The maximum atomic E-state index is 11.8. The number of rotatable bonds is 3. The van der Waals surface area contributed by atoms with Gasteiger partial charge in [-0.25, -0.2) is 0 Å². The van der Waals surface area contributed by atoms with E-state index >= 15 is 0 Å². The van der Waals surface area contributed by atoms with Crippen molar-refractivity contribution in [2.45, 2.75) is 37.6 Å². The zero-order valence-electron chi connectivity index (χ0n) is 9.11. The summed E-state index contributed by atoms with van der Waals surface area (Å²) in [5, 5.41) is 8.86. The lowest BCUT2D eigenvalue weighted by molar-refractivity contribution is -0.139. The standard InChI is InChI=1S/C11H20N2O2/c12-11(3-1-2-4-11)5-10(15)13-6-9(7-13)8-14/h9,14H,1-8,12H2. The Hall–Kier alpha value is -0.610. The van der Waals surface area contributed by atoms with Crippen molar-refractivity contribution in [2.24, 2.45) is 11.7 Å². The molecule has 1 heterocycles. The summed E-state index contributed by atoms with van der Waals surface area (Å²) >= 11 is 0. The first-order valence-electron chi connectivity index (χ1n) is 5.80. The van der Waals surface area contributed by atoms with Gasteiger partial charge in [-0.05, 0) is 12.8 Å². The van der Waals surface area contributed by atoms with Crippen molar-refractivity contribution in [1.29, 1.82) is 0 Å². The van der Waals surface area contributed by atoms with Crippen LogP contribution in [0.25, 0.3) is 0 Å². The zero-order chi connectivity index (χ0) is 10.9. The van der Waals surface area contributed by atoms with Gasteiger partial charge in [-0.15, -0.1) is 0 Å². The summed E-state index contributed by atoms with van der Waals surface area (Å²) in [7, 11) is 0. The molecule has 0 spiro atoms. The van der Waals surface area contributed by atoms with Gasteiger partial charge in [0, 0.05) is 37.6 Å². The van der Waals surface area contributed by atoms with Crippen molar-refractivity contribution in [3.05, 3.63) is 0 Å². The lowest BCUT2D eigenvalue weighted by atomic mass is 9.92. The minimum atomic E-state index is -0.235. The monoisotopic (exact) mass is 212 g/mol. The van der Waals surface area contributed by atoms with E-state index in [2.05, 4.69) is 0 Å². The minimum absolute atomic E-state index is 0.170. The van der Waals surface area contributed by atoms with E-state index in [4.69, 9.17) is 10.8 Å². The Balaban J connectivity index is 1.78. The summed E-state index contributed by atoms with van der Waals surface area (Å²) in [4.78, 5) is 13.6. The molecule has 0 radical (unpaired) electrons. The molecule has 0 bridgehead atoms. The van der Waals surface area contributed by atoms with Gasteiger partial charge in [0.2, 0.25) is 5.91 Å². The third kappa shape index (κ3) is 2.32. The van der Waals surface area contributed by atoms with Crippen LogP contribution in [-0.4, -0.2) is 41.1 Å². The number of carbonyl (C=O) groups excluding carboxylic acids is 1. The highest BCUT2D eigenvalue weighted by atomic mass is 16.3. The molecule has 2 aliphatic rings. The van der Waals surface area contributed by atoms with Crippen LogP contribution >= 0.6 is 0 Å². The van der Waals surface area contributed by atoms with Crippen LogP contribution in [0.4, 0.5) is 0 Å². The van der Waals surface area contributed by atoms with Gasteiger partial charge in [0.05, 0.1) is 0 Å². The van der Waals surface area contributed by atoms with Crippen molar-refractivity contribution in [3.63, 3.8) is 0 Å². The fourth-order valence-corrected chi connectivity index (χ4v) is 2.56. The molecule has 2 fully saturated rings. The van der Waals surface area contributed by atoms with E-state index in [9.17, 15) is 4.79 Å². The SMILES string of the molecule is NC1(CC(=O)N2CC(CO)C2)CCCC1. The van der Waals surface area contributed by atoms with Gasteiger partial charge >= 0.3 is 0 Å². The normalized spacial score (nSPS) is 25.3. The van der Waals surface area contributed by atoms with E-state index < -0.39 is 0 Å². The molecular formula is C11H20N2O2. The summed E-state index contributed by atoms with van der Waals surface area (Å²) in [6.45, 7) is 1.62. The molecule has 0 aromatic carbocycles. The van der Waals surface area contributed by atoms with E-state index in [-0.39, 0.29) is 18.1 Å². The lowest BCUT2D eigenvalue weighted by Crippen LogP contribution is -2.54. The first kappa shape index (κ1) is 10.9. The number of aliphatic hydroxyl groups is 1. The predicted molar refractivity (Wildman–Crippen MR) is 57.2 cm³/mol. The fraction of sp³-hybridized carbons (Fsp3) is 0.909. The van der Waals surface area contributed by atoms with E-state index in [1.807, 2.05) is 4.90 Å². The molecule has 1 aliphatic heterocycles. The van der Waals surface area contributed by atoms with Crippen molar-refractivity contribution >= 4 is 5.91 Å². The third-order valence-corrected chi connectivity index (χ3v) is 3.67. The summed E-state index contributed by atoms with van der Waals surface area (Å²) in [6.07, 6.45) is 4.77. The van der Waals surface area contributed by atoms with Crippen LogP contribution in [0.2, 0.25) is 0 Å². The van der Waals surface area contributed by atoms with E-state index in [1.54, 1.807) is 0 Å². The molecule has 1 amide bonds. The van der Waals surface area contributed by atoms with E-state index in [1.165, 1.54) is 0 Å². The topological polar surface area (TPSA) is 66.6 Å². The molecule has 3 N–H and O–H groups in total. The molecule has 0 atom stereocenters. The Morgan fingerprint density at radius 1 is 1.40 bits per heavy atom.